The molecule has 3 aromatic rings. The second-order valence-electron chi connectivity index (χ2n) is 5.86. The molecule has 1 atom stereocenters. The van der Waals surface area contributed by atoms with E-state index in [-0.39, 0.29) is 0 Å². The molecular formula is C18H22N5S+. The molecule has 0 bridgehead atoms. The van der Waals surface area contributed by atoms with E-state index in [9.17, 15) is 0 Å². The van der Waals surface area contributed by atoms with Crippen molar-refractivity contribution in [2.75, 3.05) is 7.05 Å². The average molecular weight is 340 g/mol. The SMILES string of the molecule is CCn1c(-c2ccncc2)nn(C[NH+](C)Cc2ccccc2)c1=S. The van der Waals surface area contributed by atoms with Crippen LogP contribution in [0.25, 0.3) is 11.4 Å². The van der Waals surface area contributed by atoms with Gasteiger partial charge in [0.05, 0.1) is 7.05 Å². The molecule has 1 N–H and O–H groups in total. The highest BCUT2D eigenvalue weighted by atomic mass is 32.1. The van der Waals surface area contributed by atoms with Crippen LogP contribution >= 0.6 is 12.2 Å². The van der Waals surface area contributed by atoms with Crippen molar-refractivity contribution in [1.82, 2.24) is 19.3 Å². The predicted octanol–water partition coefficient (Wildman–Crippen LogP) is 2.17. The van der Waals surface area contributed by atoms with Crippen LogP contribution in [0, 0.1) is 4.77 Å². The van der Waals surface area contributed by atoms with Crippen LogP contribution in [0.1, 0.15) is 12.5 Å². The van der Waals surface area contributed by atoms with Gasteiger partial charge >= 0.3 is 0 Å². The van der Waals surface area contributed by atoms with Gasteiger partial charge in [0, 0.05) is 30.1 Å². The third-order valence-electron chi connectivity index (χ3n) is 3.95. The van der Waals surface area contributed by atoms with Crippen LogP contribution in [0.3, 0.4) is 0 Å². The zero-order chi connectivity index (χ0) is 16.9. The number of benzene rings is 1. The van der Waals surface area contributed by atoms with Gasteiger partial charge in [-0.3, -0.25) is 4.98 Å². The van der Waals surface area contributed by atoms with Gasteiger partial charge in [0.2, 0.25) is 4.77 Å². The molecule has 0 saturated heterocycles. The molecule has 1 aromatic carbocycles. The van der Waals surface area contributed by atoms with Gasteiger partial charge in [-0.1, -0.05) is 30.3 Å². The Labute approximate surface area is 147 Å². The summed E-state index contributed by atoms with van der Waals surface area (Å²) < 4.78 is 4.75. The molecule has 0 radical (unpaired) electrons. The molecule has 2 aromatic heterocycles. The first-order chi connectivity index (χ1) is 11.7. The number of quaternary nitrogens is 1. The molecule has 6 heteroatoms. The van der Waals surface area contributed by atoms with Crippen molar-refractivity contribution < 1.29 is 4.90 Å². The van der Waals surface area contributed by atoms with Gasteiger partial charge in [-0.25, -0.2) is 0 Å². The van der Waals surface area contributed by atoms with Crippen LogP contribution in [-0.4, -0.2) is 26.4 Å². The molecule has 0 aliphatic rings. The molecule has 0 amide bonds. The molecule has 0 aliphatic heterocycles. The minimum Gasteiger partial charge on any atom is -0.315 e. The molecule has 1 unspecified atom stereocenters. The standard InChI is InChI=1S/C18H21N5S/c1-3-22-17(16-9-11-19-12-10-16)20-23(18(22)24)14-21(2)13-15-7-5-4-6-8-15/h4-12H,3,13-14H2,1-2H3/p+1. The highest BCUT2D eigenvalue weighted by Gasteiger charge is 2.14. The van der Waals surface area contributed by atoms with Crippen molar-refractivity contribution in [1.29, 1.82) is 0 Å². The molecule has 24 heavy (non-hydrogen) atoms. The first-order valence-corrected chi connectivity index (χ1v) is 8.53. The Morgan fingerprint density at radius 1 is 1.08 bits per heavy atom. The molecule has 124 valence electrons. The van der Waals surface area contributed by atoms with Crippen LogP contribution in [0.2, 0.25) is 0 Å². The van der Waals surface area contributed by atoms with Gasteiger partial charge in [0.15, 0.2) is 12.5 Å². The fraction of sp³-hybridized carbons (Fsp3) is 0.278. The van der Waals surface area contributed by atoms with Crippen molar-refractivity contribution >= 4 is 12.2 Å². The first kappa shape index (κ1) is 16.5. The molecule has 0 fully saturated rings. The third-order valence-corrected chi connectivity index (χ3v) is 4.38. The van der Waals surface area contributed by atoms with E-state index in [1.54, 1.807) is 12.4 Å². The summed E-state index contributed by atoms with van der Waals surface area (Å²) >= 11 is 5.63. The smallest absolute Gasteiger partial charge is 0.203 e. The van der Waals surface area contributed by atoms with Gasteiger partial charge in [-0.05, 0) is 31.3 Å². The number of nitrogens with one attached hydrogen (secondary N) is 1. The van der Waals surface area contributed by atoms with E-state index in [0.717, 1.165) is 35.9 Å². The van der Waals surface area contributed by atoms with Gasteiger partial charge < -0.3 is 9.47 Å². The van der Waals surface area contributed by atoms with E-state index in [2.05, 4.69) is 47.8 Å². The Balaban J connectivity index is 1.84. The Kier molecular flexibility index (Phi) is 5.17. The van der Waals surface area contributed by atoms with Crippen molar-refractivity contribution in [3.8, 4) is 11.4 Å². The monoisotopic (exact) mass is 340 g/mol. The lowest BCUT2D eigenvalue weighted by molar-refractivity contribution is -0.917. The Hall–Kier alpha value is -2.31. The summed E-state index contributed by atoms with van der Waals surface area (Å²) in [5.41, 5.74) is 2.35. The summed E-state index contributed by atoms with van der Waals surface area (Å²) in [4.78, 5) is 5.41. The van der Waals surface area contributed by atoms with E-state index in [0.29, 0.717) is 0 Å². The molecule has 5 nitrogen and oxygen atoms in total. The van der Waals surface area contributed by atoms with Crippen LogP contribution in [0.5, 0.6) is 0 Å². The van der Waals surface area contributed by atoms with E-state index in [4.69, 9.17) is 17.3 Å². The van der Waals surface area contributed by atoms with Crippen LogP contribution in [-0.2, 0) is 19.8 Å². The number of nitrogens with zero attached hydrogens (tertiary/aromatic N) is 4. The fourth-order valence-electron chi connectivity index (χ4n) is 2.80. The highest BCUT2D eigenvalue weighted by Crippen LogP contribution is 2.16. The lowest BCUT2D eigenvalue weighted by atomic mass is 10.2. The summed E-state index contributed by atoms with van der Waals surface area (Å²) in [6.07, 6.45) is 3.56. The molecule has 0 aliphatic carbocycles. The maximum absolute atomic E-state index is 5.63. The van der Waals surface area contributed by atoms with Crippen molar-refractivity contribution in [3.05, 3.63) is 65.2 Å². The topological polar surface area (TPSA) is 40.1 Å². The first-order valence-electron chi connectivity index (χ1n) is 8.12. The van der Waals surface area contributed by atoms with E-state index >= 15 is 0 Å². The molecule has 2 heterocycles. The number of pyridine rings is 1. The number of rotatable bonds is 6. The minimum absolute atomic E-state index is 0.735. The van der Waals surface area contributed by atoms with Gasteiger partial charge in [-0.15, -0.1) is 5.10 Å². The summed E-state index contributed by atoms with van der Waals surface area (Å²) in [5.74, 6) is 0.900. The predicted molar refractivity (Wildman–Crippen MR) is 97.0 cm³/mol. The van der Waals surface area contributed by atoms with Crippen LogP contribution < -0.4 is 4.90 Å². The van der Waals surface area contributed by atoms with Crippen molar-refractivity contribution in [2.24, 2.45) is 0 Å². The lowest BCUT2D eigenvalue weighted by Gasteiger charge is -2.13. The van der Waals surface area contributed by atoms with Gasteiger partial charge in [-0.2, -0.15) is 4.68 Å². The normalized spacial score (nSPS) is 12.2. The average Bonchev–Trinajstić information content (AvgIpc) is 2.92. The van der Waals surface area contributed by atoms with Gasteiger partial charge in [0.25, 0.3) is 0 Å². The Morgan fingerprint density at radius 3 is 2.46 bits per heavy atom. The maximum atomic E-state index is 5.63. The summed E-state index contributed by atoms with van der Waals surface area (Å²) in [7, 11) is 2.16. The molecule has 0 saturated carbocycles. The zero-order valence-electron chi connectivity index (χ0n) is 14.0. The quantitative estimate of drug-likeness (QED) is 0.699. The van der Waals surface area contributed by atoms with Crippen LogP contribution in [0.15, 0.2) is 54.9 Å². The third kappa shape index (κ3) is 3.60. The summed E-state index contributed by atoms with van der Waals surface area (Å²) in [6.45, 7) is 4.56. The number of aromatic nitrogens is 4. The molecular weight excluding hydrogens is 318 g/mol. The zero-order valence-corrected chi connectivity index (χ0v) is 14.8. The summed E-state index contributed by atoms with van der Waals surface area (Å²) in [6, 6.07) is 14.4. The Morgan fingerprint density at radius 2 is 1.79 bits per heavy atom. The van der Waals surface area contributed by atoms with Crippen molar-refractivity contribution in [2.45, 2.75) is 26.7 Å². The van der Waals surface area contributed by atoms with E-state index < -0.39 is 0 Å². The lowest BCUT2D eigenvalue weighted by Crippen LogP contribution is -3.07. The maximum Gasteiger partial charge on any atom is 0.203 e. The number of hydrogen-bond donors (Lipinski definition) is 1. The Bertz CT molecular complexity index is 839. The minimum atomic E-state index is 0.735. The van der Waals surface area contributed by atoms with Crippen LogP contribution in [0.4, 0.5) is 0 Å². The number of hydrogen-bond acceptors (Lipinski definition) is 3. The second kappa shape index (κ2) is 7.51. The molecule has 0 spiro atoms. The summed E-state index contributed by atoms with van der Waals surface area (Å²) in [5, 5.41) is 4.76. The highest BCUT2D eigenvalue weighted by molar-refractivity contribution is 7.71. The van der Waals surface area contributed by atoms with E-state index in [1.807, 2.05) is 22.9 Å². The largest absolute Gasteiger partial charge is 0.315 e. The van der Waals surface area contributed by atoms with Gasteiger partial charge in [0.1, 0.15) is 6.54 Å². The fourth-order valence-corrected chi connectivity index (χ4v) is 3.12. The van der Waals surface area contributed by atoms with Crippen molar-refractivity contribution in [3.63, 3.8) is 0 Å². The van der Waals surface area contributed by atoms with E-state index in [1.165, 1.54) is 10.5 Å². The second-order valence-corrected chi connectivity index (χ2v) is 6.23. The molecule has 3 rings (SSSR count).